The maximum absolute atomic E-state index is 12.4. The normalized spacial score (nSPS) is 21.1. The van der Waals surface area contributed by atoms with Gasteiger partial charge in [-0.25, -0.2) is 0 Å². The Labute approximate surface area is 123 Å². The molecule has 2 aliphatic heterocycles. The van der Waals surface area contributed by atoms with E-state index in [4.69, 9.17) is 0 Å². The van der Waals surface area contributed by atoms with Gasteiger partial charge in [0.15, 0.2) is 0 Å². The van der Waals surface area contributed by atoms with Crippen LogP contribution in [-0.2, 0) is 4.79 Å². The number of hydrogen-bond donors (Lipinski definition) is 1. The number of rotatable bonds is 3. The summed E-state index contributed by atoms with van der Waals surface area (Å²) in [5.41, 5.74) is 1.95. The molecule has 0 aromatic heterocycles. The average Bonchev–Trinajstić information content (AvgIpc) is 3.07. The van der Waals surface area contributed by atoms with Crippen LogP contribution in [0.1, 0.15) is 28.8 Å². The fourth-order valence-corrected chi connectivity index (χ4v) is 3.08. The van der Waals surface area contributed by atoms with Crippen molar-refractivity contribution in [1.82, 2.24) is 9.80 Å². The summed E-state index contributed by atoms with van der Waals surface area (Å²) in [7, 11) is 0. The Kier molecular flexibility index (Phi) is 3.51. The summed E-state index contributed by atoms with van der Waals surface area (Å²) >= 11 is 0. The van der Waals surface area contributed by atoms with Crippen LogP contribution >= 0.6 is 0 Å². The lowest BCUT2D eigenvalue weighted by Crippen LogP contribution is -2.43. The Morgan fingerprint density at radius 2 is 2.05 bits per heavy atom. The van der Waals surface area contributed by atoms with Crippen molar-refractivity contribution in [2.24, 2.45) is 0 Å². The molecular weight excluding hydrogens is 268 g/mol. The number of aliphatic hydroxyl groups excluding tert-OH is 1. The number of carbonyl (C=O) groups excluding carboxylic acids is 2. The summed E-state index contributed by atoms with van der Waals surface area (Å²) in [6.07, 6.45) is 1.71. The first-order valence-electron chi connectivity index (χ1n) is 7.14. The Morgan fingerprint density at radius 1 is 1.33 bits per heavy atom. The van der Waals surface area contributed by atoms with Gasteiger partial charge in [-0.1, -0.05) is 24.8 Å². The van der Waals surface area contributed by atoms with E-state index >= 15 is 0 Å². The topological polar surface area (TPSA) is 60.9 Å². The molecule has 1 N–H and O–H groups in total. The molecule has 0 radical (unpaired) electrons. The molecule has 1 aromatic rings. The smallest absolute Gasteiger partial charge is 0.259 e. The molecule has 0 unspecified atom stereocenters. The summed E-state index contributed by atoms with van der Waals surface area (Å²) in [6, 6.07) is 7.13. The molecule has 2 aliphatic rings. The van der Waals surface area contributed by atoms with E-state index in [1.165, 1.54) is 4.90 Å². The Hall–Kier alpha value is -2.14. The quantitative estimate of drug-likeness (QED) is 0.905. The molecule has 110 valence electrons. The van der Waals surface area contributed by atoms with Gasteiger partial charge in [0, 0.05) is 23.4 Å². The number of benzene rings is 1. The number of fused-ring (bicyclic) bond motifs is 1. The van der Waals surface area contributed by atoms with Gasteiger partial charge >= 0.3 is 0 Å². The third-order valence-corrected chi connectivity index (χ3v) is 4.24. The standard InChI is InChI=1S/C16H18N2O3/c1-11-13-6-2-3-7-14(13)16(21)18(11)9-15(20)17-8-4-5-12(17)10-19/h2-3,6-7,12,19H,1,4-5,8-10H2/t12-/m1/s1. The molecule has 0 aliphatic carbocycles. The third kappa shape index (κ3) is 2.23. The van der Waals surface area contributed by atoms with Crippen LogP contribution in [0.4, 0.5) is 0 Å². The van der Waals surface area contributed by atoms with Crippen molar-refractivity contribution in [1.29, 1.82) is 0 Å². The second-order valence-corrected chi connectivity index (χ2v) is 5.45. The Balaban J connectivity index is 1.76. The van der Waals surface area contributed by atoms with E-state index in [1.54, 1.807) is 17.0 Å². The molecule has 0 spiro atoms. The highest BCUT2D eigenvalue weighted by Crippen LogP contribution is 2.31. The predicted molar refractivity (Wildman–Crippen MR) is 78.3 cm³/mol. The van der Waals surface area contributed by atoms with Gasteiger partial charge in [-0.05, 0) is 18.9 Å². The highest BCUT2D eigenvalue weighted by atomic mass is 16.3. The van der Waals surface area contributed by atoms with Gasteiger partial charge in [-0.15, -0.1) is 0 Å². The van der Waals surface area contributed by atoms with E-state index in [9.17, 15) is 14.7 Å². The van der Waals surface area contributed by atoms with Gasteiger partial charge < -0.3 is 10.0 Å². The molecule has 21 heavy (non-hydrogen) atoms. The molecule has 1 fully saturated rings. The fourth-order valence-electron chi connectivity index (χ4n) is 3.08. The number of aliphatic hydroxyl groups is 1. The molecule has 0 saturated carbocycles. The highest BCUT2D eigenvalue weighted by molar-refractivity contribution is 6.10. The minimum Gasteiger partial charge on any atom is -0.394 e. The van der Waals surface area contributed by atoms with Gasteiger partial charge in [0.2, 0.25) is 5.91 Å². The second kappa shape index (κ2) is 5.33. The van der Waals surface area contributed by atoms with Crippen LogP contribution in [0.2, 0.25) is 0 Å². The molecule has 1 aromatic carbocycles. The van der Waals surface area contributed by atoms with Crippen molar-refractivity contribution in [2.75, 3.05) is 19.7 Å². The third-order valence-electron chi connectivity index (χ3n) is 4.24. The number of amides is 2. The largest absolute Gasteiger partial charge is 0.394 e. The van der Waals surface area contributed by atoms with Gasteiger partial charge in [0.05, 0.1) is 12.6 Å². The van der Waals surface area contributed by atoms with Crippen LogP contribution in [-0.4, -0.2) is 52.5 Å². The predicted octanol–water partition coefficient (Wildman–Crippen LogP) is 1.10. The van der Waals surface area contributed by atoms with Crippen molar-refractivity contribution in [2.45, 2.75) is 18.9 Å². The minimum atomic E-state index is -0.177. The molecule has 3 rings (SSSR count). The van der Waals surface area contributed by atoms with Gasteiger partial charge in [0.1, 0.15) is 6.54 Å². The zero-order valence-corrected chi connectivity index (χ0v) is 11.8. The number of nitrogens with zero attached hydrogens (tertiary/aromatic N) is 2. The van der Waals surface area contributed by atoms with Crippen molar-refractivity contribution in [3.63, 3.8) is 0 Å². The van der Waals surface area contributed by atoms with Gasteiger partial charge in [-0.3, -0.25) is 14.5 Å². The Morgan fingerprint density at radius 3 is 2.71 bits per heavy atom. The van der Waals surface area contributed by atoms with E-state index in [-0.39, 0.29) is 31.0 Å². The fraction of sp³-hybridized carbons (Fsp3) is 0.375. The maximum atomic E-state index is 12.4. The van der Waals surface area contributed by atoms with E-state index in [0.29, 0.717) is 17.8 Å². The molecule has 2 heterocycles. The lowest BCUT2D eigenvalue weighted by atomic mass is 10.1. The first-order chi connectivity index (χ1) is 10.1. The van der Waals surface area contributed by atoms with E-state index in [2.05, 4.69) is 6.58 Å². The number of hydrogen-bond acceptors (Lipinski definition) is 3. The van der Waals surface area contributed by atoms with Crippen LogP contribution in [0.3, 0.4) is 0 Å². The van der Waals surface area contributed by atoms with Gasteiger partial charge in [-0.2, -0.15) is 0 Å². The molecule has 1 saturated heterocycles. The van der Waals surface area contributed by atoms with Crippen LogP contribution in [0.15, 0.2) is 30.8 Å². The van der Waals surface area contributed by atoms with Crippen molar-refractivity contribution >= 4 is 17.5 Å². The zero-order valence-electron chi connectivity index (χ0n) is 11.8. The summed E-state index contributed by atoms with van der Waals surface area (Å²) < 4.78 is 0. The zero-order chi connectivity index (χ0) is 15.0. The van der Waals surface area contributed by atoms with Gasteiger partial charge in [0.25, 0.3) is 5.91 Å². The highest BCUT2D eigenvalue weighted by Gasteiger charge is 2.35. The lowest BCUT2D eigenvalue weighted by Gasteiger charge is -2.26. The summed E-state index contributed by atoms with van der Waals surface area (Å²) in [5, 5.41) is 9.30. The summed E-state index contributed by atoms with van der Waals surface area (Å²) in [5.74, 6) is -0.308. The van der Waals surface area contributed by atoms with Crippen LogP contribution < -0.4 is 0 Å². The first-order valence-corrected chi connectivity index (χ1v) is 7.14. The number of likely N-dealkylation sites (tertiary alicyclic amines) is 1. The van der Waals surface area contributed by atoms with Crippen molar-refractivity contribution in [3.8, 4) is 0 Å². The van der Waals surface area contributed by atoms with Crippen LogP contribution in [0, 0.1) is 0 Å². The summed E-state index contributed by atoms with van der Waals surface area (Å²) in [6.45, 7) is 4.54. The van der Waals surface area contributed by atoms with Crippen LogP contribution in [0.5, 0.6) is 0 Å². The first kappa shape index (κ1) is 13.8. The van der Waals surface area contributed by atoms with E-state index in [1.807, 2.05) is 12.1 Å². The van der Waals surface area contributed by atoms with Crippen molar-refractivity contribution < 1.29 is 14.7 Å². The van der Waals surface area contributed by atoms with Crippen molar-refractivity contribution in [3.05, 3.63) is 42.0 Å². The van der Waals surface area contributed by atoms with E-state index < -0.39 is 0 Å². The number of carbonyl (C=O) groups is 2. The Bertz CT molecular complexity index is 576. The minimum absolute atomic E-state index is 0.0111. The van der Waals surface area contributed by atoms with E-state index in [0.717, 1.165) is 18.4 Å². The average molecular weight is 286 g/mol. The second-order valence-electron chi connectivity index (χ2n) is 5.45. The molecule has 1 atom stereocenters. The monoisotopic (exact) mass is 286 g/mol. The molecule has 5 nitrogen and oxygen atoms in total. The summed E-state index contributed by atoms with van der Waals surface area (Å²) in [4.78, 5) is 27.8. The lowest BCUT2D eigenvalue weighted by molar-refractivity contribution is -0.132. The molecule has 0 bridgehead atoms. The molecule has 2 amide bonds. The SMILES string of the molecule is C=C1c2ccccc2C(=O)N1CC(=O)N1CCC[C@@H]1CO. The maximum Gasteiger partial charge on any atom is 0.259 e. The molecular formula is C16H18N2O3. The molecule has 5 heteroatoms. The van der Waals surface area contributed by atoms with Crippen LogP contribution in [0.25, 0.3) is 5.70 Å².